The summed E-state index contributed by atoms with van der Waals surface area (Å²) in [6, 6.07) is 0. The van der Waals surface area contributed by atoms with Gasteiger partial charge in [-0.05, 0) is 37.0 Å². The Morgan fingerprint density at radius 2 is 1.96 bits per heavy atom. The van der Waals surface area contributed by atoms with Crippen molar-refractivity contribution in [2.75, 3.05) is 32.8 Å². The van der Waals surface area contributed by atoms with Crippen molar-refractivity contribution in [3.8, 4) is 0 Å². The summed E-state index contributed by atoms with van der Waals surface area (Å²) in [6.07, 6.45) is 4.62. The number of aromatic nitrogens is 2. The fourth-order valence-corrected chi connectivity index (χ4v) is 4.20. The molecule has 0 spiro atoms. The van der Waals surface area contributed by atoms with E-state index in [0.717, 1.165) is 45.2 Å². The van der Waals surface area contributed by atoms with Gasteiger partial charge >= 0.3 is 0 Å². The van der Waals surface area contributed by atoms with Gasteiger partial charge < -0.3 is 9.15 Å². The molecule has 3 rings (SSSR count). The van der Waals surface area contributed by atoms with Crippen LogP contribution in [-0.2, 0) is 11.2 Å². The zero-order chi connectivity index (χ0) is 17.1. The number of ether oxygens (including phenoxy) is 1. The number of nitrogens with zero attached hydrogens (tertiary/aromatic N) is 3. The third-order valence-electron chi connectivity index (χ3n) is 5.65. The molecule has 0 amide bonds. The van der Waals surface area contributed by atoms with Crippen LogP contribution >= 0.6 is 0 Å². The number of hydrogen-bond donors (Lipinski definition) is 0. The molecule has 1 aromatic rings. The topological polar surface area (TPSA) is 51.4 Å². The quantitative estimate of drug-likeness (QED) is 0.775. The molecule has 24 heavy (non-hydrogen) atoms. The van der Waals surface area contributed by atoms with Gasteiger partial charge in [0.2, 0.25) is 11.8 Å². The monoisotopic (exact) mass is 333 g/mol. The van der Waals surface area contributed by atoms with Crippen molar-refractivity contribution in [2.24, 2.45) is 23.7 Å². The lowest BCUT2D eigenvalue weighted by atomic mass is 9.69. The third-order valence-corrected chi connectivity index (χ3v) is 5.65. The smallest absolute Gasteiger partial charge is 0.217 e. The van der Waals surface area contributed by atoms with Gasteiger partial charge in [-0.3, -0.25) is 4.90 Å². The maximum atomic E-state index is 5.61. The summed E-state index contributed by atoms with van der Waals surface area (Å²) in [5.74, 6) is 4.01. The van der Waals surface area contributed by atoms with Gasteiger partial charge in [-0.15, -0.1) is 10.2 Å². The number of allylic oxidation sites excluding steroid dienone is 1. The van der Waals surface area contributed by atoms with Gasteiger partial charge in [0.15, 0.2) is 0 Å². The molecule has 0 aromatic carbocycles. The predicted molar refractivity (Wildman–Crippen MR) is 93.7 cm³/mol. The van der Waals surface area contributed by atoms with Crippen LogP contribution in [0.15, 0.2) is 16.1 Å². The number of aryl methyl sites for hydroxylation is 1. The first-order valence-electron chi connectivity index (χ1n) is 9.30. The molecule has 0 unspecified atom stereocenters. The summed E-state index contributed by atoms with van der Waals surface area (Å²) in [6.45, 7) is 13.9. The fraction of sp³-hybridized carbons (Fsp3) is 0.789. The van der Waals surface area contributed by atoms with Crippen LogP contribution in [-0.4, -0.2) is 47.9 Å². The predicted octanol–water partition coefficient (Wildman–Crippen LogP) is 3.11. The number of hydrogen-bond acceptors (Lipinski definition) is 5. The molecule has 1 saturated heterocycles. The van der Waals surface area contributed by atoms with Crippen molar-refractivity contribution in [1.29, 1.82) is 0 Å². The minimum atomic E-state index is 0.526. The highest BCUT2D eigenvalue weighted by molar-refractivity contribution is 5.14. The van der Waals surface area contributed by atoms with Crippen LogP contribution < -0.4 is 0 Å². The van der Waals surface area contributed by atoms with E-state index in [2.05, 4.69) is 41.9 Å². The van der Waals surface area contributed by atoms with E-state index in [1.54, 1.807) is 0 Å². The Labute approximate surface area is 145 Å². The van der Waals surface area contributed by atoms with Gasteiger partial charge in [-0.1, -0.05) is 25.5 Å². The van der Waals surface area contributed by atoms with E-state index in [1.807, 2.05) is 6.92 Å². The molecule has 1 aromatic heterocycles. The van der Waals surface area contributed by atoms with Crippen molar-refractivity contribution in [3.63, 3.8) is 0 Å². The molecular formula is C19H31N3O2. The van der Waals surface area contributed by atoms with Crippen molar-refractivity contribution in [1.82, 2.24) is 15.1 Å². The highest BCUT2D eigenvalue weighted by atomic mass is 16.5. The third kappa shape index (κ3) is 4.25. The molecule has 3 atom stereocenters. The Morgan fingerprint density at radius 1 is 1.21 bits per heavy atom. The molecule has 2 heterocycles. The second kappa shape index (κ2) is 7.79. The number of morpholine rings is 1. The van der Waals surface area contributed by atoms with Gasteiger partial charge in [0.25, 0.3) is 0 Å². The maximum Gasteiger partial charge on any atom is 0.217 e. The highest BCUT2D eigenvalue weighted by Gasteiger charge is 2.33. The van der Waals surface area contributed by atoms with E-state index >= 15 is 0 Å². The summed E-state index contributed by atoms with van der Waals surface area (Å²) in [5, 5.41) is 8.16. The Morgan fingerprint density at radius 3 is 2.58 bits per heavy atom. The Bertz CT molecular complexity index is 561. The Balaban J connectivity index is 1.70. The van der Waals surface area contributed by atoms with Crippen molar-refractivity contribution < 1.29 is 9.15 Å². The lowest BCUT2D eigenvalue weighted by molar-refractivity contribution is 0.0256. The maximum absolute atomic E-state index is 5.61. The van der Waals surface area contributed by atoms with Gasteiger partial charge in [0, 0.05) is 33.0 Å². The van der Waals surface area contributed by atoms with Crippen molar-refractivity contribution in [3.05, 3.63) is 23.4 Å². The molecule has 5 nitrogen and oxygen atoms in total. The van der Waals surface area contributed by atoms with Gasteiger partial charge in [-0.25, -0.2) is 0 Å². The van der Waals surface area contributed by atoms with Crippen LogP contribution in [0.5, 0.6) is 0 Å². The second-order valence-corrected chi connectivity index (χ2v) is 7.75. The lowest BCUT2D eigenvalue weighted by Gasteiger charge is -2.40. The van der Waals surface area contributed by atoms with Crippen LogP contribution in [0, 0.1) is 30.6 Å². The van der Waals surface area contributed by atoms with E-state index in [0.29, 0.717) is 29.6 Å². The molecule has 0 saturated carbocycles. The van der Waals surface area contributed by atoms with E-state index in [9.17, 15) is 0 Å². The Kier molecular flexibility index (Phi) is 5.72. The molecular weight excluding hydrogens is 302 g/mol. The van der Waals surface area contributed by atoms with Gasteiger partial charge in [0.1, 0.15) is 0 Å². The van der Waals surface area contributed by atoms with Crippen LogP contribution in [0.25, 0.3) is 0 Å². The second-order valence-electron chi connectivity index (χ2n) is 7.75. The van der Waals surface area contributed by atoms with Crippen molar-refractivity contribution in [2.45, 2.75) is 40.5 Å². The van der Waals surface area contributed by atoms with Crippen LogP contribution in [0.3, 0.4) is 0 Å². The standard InChI is InChI=1S/C19H31N3O2/c1-13(2)18-10-16(11-19-21-20-15(4)24-19)14(3)9-17(18)12-22-5-7-23-8-6-22/h9,13,16-18H,5-8,10-12H2,1-4H3/t16-,17-,18-/m0/s1. The summed E-state index contributed by atoms with van der Waals surface area (Å²) < 4.78 is 11.1. The van der Waals surface area contributed by atoms with Gasteiger partial charge in [0.05, 0.1) is 13.2 Å². The van der Waals surface area contributed by atoms with E-state index in [1.165, 1.54) is 12.0 Å². The fourth-order valence-electron chi connectivity index (χ4n) is 4.20. The van der Waals surface area contributed by atoms with Crippen molar-refractivity contribution >= 4 is 0 Å². The average Bonchev–Trinajstić information content (AvgIpc) is 2.95. The zero-order valence-electron chi connectivity index (χ0n) is 15.5. The summed E-state index contributed by atoms with van der Waals surface area (Å²) in [4.78, 5) is 2.56. The van der Waals surface area contributed by atoms with E-state index < -0.39 is 0 Å². The lowest BCUT2D eigenvalue weighted by Crippen LogP contribution is -2.42. The summed E-state index contributed by atoms with van der Waals surface area (Å²) in [5.41, 5.74) is 1.49. The molecule has 0 N–H and O–H groups in total. The average molecular weight is 333 g/mol. The van der Waals surface area contributed by atoms with Crippen LogP contribution in [0.2, 0.25) is 0 Å². The normalized spacial score (nSPS) is 29.0. The van der Waals surface area contributed by atoms with E-state index in [-0.39, 0.29) is 0 Å². The highest BCUT2D eigenvalue weighted by Crippen LogP contribution is 2.39. The van der Waals surface area contributed by atoms with E-state index in [4.69, 9.17) is 9.15 Å². The summed E-state index contributed by atoms with van der Waals surface area (Å²) in [7, 11) is 0. The molecule has 1 fully saturated rings. The minimum absolute atomic E-state index is 0.526. The van der Waals surface area contributed by atoms with Gasteiger partial charge in [-0.2, -0.15) is 0 Å². The minimum Gasteiger partial charge on any atom is -0.426 e. The SMILES string of the molecule is CC1=C[C@@H](CN2CCOCC2)[C@H](C(C)C)C[C@H]1Cc1nnc(C)o1. The van der Waals surface area contributed by atoms with Crippen LogP contribution in [0.4, 0.5) is 0 Å². The van der Waals surface area contributed by atoms with Crippen LogP contribution in [0.1, 0.15) is 39.0 Å². The molecule has 2 aliphatic rings. The molecule has 1 aliphatic heterocycles. The molecule has 0 radical (unpaired) electrons. The zero-order valence-corrected chi connectivity index (χ0v) is 15.5. The first-order chi connectivity index (χ1) is 11.5. The first kappa shape index (κ1) is 17.6. The molecule has 134 valence electrons. The largest absolute Gasteiger partial charge is 0.426 e. The molecule has 0 bridgehead atoms. The molecule has 5 heteroatoms. The first-order valence-corrected chi connectivity index (χ1v) is 9.30. The Hall–Kier alpha value is -1.20. The number of rotatable bonds is 5. The molecule has 1 aliphatic carbocycles. The summed E-state index contributed by atoms with van der Waals surface area (Å²) >= 11 is 0.